The van der Waals surface area contributed by atoms with Gasteiger partial charge in [0.1, 0.15) is 5.82 Å². The van der Waals surface area contributed by atoms with E-state index in [0.29, 0.717) is 16.8 Å². The number of hydrogen-bond acceptors (Lipinski definition) is 2. The van der Waals surface area contributed by atoms with E-state index in [9.17, 15) is 9.18 Å². The standard InChI is InChI=1S/C14H12FNO/c1-9-5-6-13(16)12(7-9)14(17)10-3-2-4-11(15)8-10/h2-8H,16H2,1H3. The van der Waals surface area contributed by atoms with Crippen molar-refractivity contribution in [3.63, 3.8) is 0 Å². The normalized spacial score (nSPS) is 10.2. The minimum absolute atomic E-state index is 0.259. The maximum absolute atomic E-state index is 13.0. The summed E-state index contributed by atoms with van der Waals surface area (Å²) in [6.45, 7) is 1.88. The molecule has 86 valence electrons. The predicted molar refractivity (Wildman–Crippen MR) is 65.4 cm³/mol. The van der Waals surface area contributed by atoms with Crippen molar-refractivity contribution in [2.45, 2.75) is 6.92 Å². The molecule has 0 aliphatic rings. The van der Waals surface area contributed by atoms with Crippen LogP contribution in [0.3, 0.4) is 0 Å². The second-order valence-corrected chi connectivity index (χ2v) is 3.93. The van der Waals surface area contributed by atoms with Crippen molar-refractivity contribution in [1.82, 2.24) is 0 Å². The third kappa shape index (κ3) is 2.33. The van der Waals surface area contributed by atoms with Gasteiger partial charge in [0.15, 0.2) is 5.78 Å². The summed E-state index contributed by atoms with van der Waals surface area (Å²) in [5.74, 6) is -0.687. The quantitative estimate of drug-likeness (QED) is 0.635. The first-order chi connectivity index (χ1) is 8.08. The van der Waals surface area contributed by atoms with E-state index in [1.807, 2.05) is 13.0 Å². The highest BCUT2D eigenvalue weighted by Crippen LogP contribution is 2.18. The summed E-state index contributed by atoms with van der Waals surface area (Å²) in [6, 6.07) is 10.8. The number of aryl methyl sites for hydroxylation is 1. The second-order valence-electron chi connectivity index (χ2n) is 3.93. The van der Waals surface area contributed by atoms with Gasteiger partial charge in [0.05, 0.1) is 0 Å². The van der Waals surface area contributed by atoms with Crippen LogP contribution in [0.1, 0.15) is 21.5 Å². The van der Waals surface area contributed by atoms with Gasteiger partial charge in [-0.3, -0.25) is 4.79 Å². The Morgan fingerprint density at radius 1 is 1.18 bits per heavy atom. The van der Waals surface area contributed by atoms with E-state index in [4.69, 9.17) is 5.73 Å². The Morgan fingerprint density at radius 2 is 1.94 bits per heavy atom. The topological polar surface area (TPSA) is 43.1 Å². The molecule has 2 aromatic rings. The zero-order chi connectivity index (χ0) is 12.4. The largest absolute Gasteiger partial charge is 0.398 e. The van der Waals surface area contributed by atoms with Crippen LogP contribution in [0.15, 0.2) is 42.5 Å². The number of nitrogens with two attached hydrogens (primary N) is 1. The van der Waals surface area contributed by atoms with Crippen LogP contribution in [-0.4, -0.2) is 5.78 Å². The fourth-order valence-corrected chi connectivity index (χ4v) is 1.65. The van der Waals surface area contributed by atoms with Gasteiger partial charge >= 0.3 is 0 Å². The summed E-state index contributed by atoms with van der Waals surface area (Å²) < 4.78 is 13.0. The van der Waals surface area contributed by atoms with Crippen molar-refractivity contribution in [1.29, 1.82) is 0 Å². The highest BCUT2D eigenvalue weighted by molar-refractivity contribution is 6.12. The highest BCUT2D eigenvalue weighted by atomic mass is 19.1. The summed E-state index contributed by atoms with van der Waals surface area (Å²) in [5, 5.41) is 0. The van der Waals surface area contributed by atoms with Crippen LogP contribution in [0, 0.1) is 12.7 Å². The van der Waals surface area contributed by atoms with Crippen molar-refractivity contribution >= 4 is 11.5 Å². The van der Waals surface area contributed by atoms with Crippen LogP contribution in [0.4, 0.5) is 10.1 Å². The SMILES string of the molecule is Cc1ccc(N)c(C(=O)c2cccc(F)c2)c1. The van der Waals surface area contributed by atoms with Crippen molar-refractivity contribution in [2.75, 3.05) is 5.73 Å². The molecule has 0 saturated carbocycles. The lowest BCUT2D eigenvalue weighted by atomic mass is 10.00. The summed E-state index contributed by atoms with van der Waals surface area (Å²) in [7, 11) is 0. The van der Waals surface area contributed by atoms with Crippen LogP contribution in [-0.2, 0) is 0 Å². The molecule has 0 unspecified atom stereocenters. The third-order valence-corrected chi connectivity index (χ3v) is 2.54. The maximum atomic E-state index is 13.0. The third-order valence-electron chi connectivity index (χ3n) is 2.54. The zero-order valence-corrected chi connectivity index (χ0v) is 9.41. The Labute approximate surface area is 98.9 Å². The fourth-order valence-electron chi connectivity index (χ4n) is 1.65. The molecule has 0 aliphatic carbocycles. The molecule has 3 heteroatoms. The molecule has 2 nitrogen and oxygen atoms in total. The summed E-state index contributed by atoms with van der Waals surface area (Å²) in [6.07, 6.45) is 0. The molecule has 0 spiro atoms. The van der Waals surface area contributed by atoms with Crippen LogP contribution in [0.25, 0.3) is 0 Å². The van der Waals surface area contributed by atoms with E-state index in [1.165, 1.54) is 18.2 Å². The lowest BCUT2D eigenvalue weighted by molar-refractivity contribution is 0.103. The number of ketones is 1. The maximum Gasteiger partial charge on any atom is 0.195 e. The van der Waals surface area contributed by atoms with E-state index < -0.39 is 5.82 Å². The fraction of sp³-hybridized carbons (Fsp3) is 0.0714. The van der Waals surface area contributed by atoms with Gasteiger partial charge in [-0.25, -0.2) is 4.39 Å². The van der Waals surface area contributed by atoms with Crippen molar-refractivity contribution < 1.29 is 9.18 Å². The number of hydrogen-bond donors (Lipinski definition) is 1. The smallest absolute Gasteiger partial charge is 0.195 e. The molecule has 0 amide bonds. The Bertz CT molecular complexity index is 578. The molecule has 0 radical (unpaired) electrons. The number of anilines is 1. The Morgan fingerprint density at radius 3 is 2.65 bits per heavy atom. The number of halogens is 1. The first kappa shape index (κ1) is 11.3. The Kier molecular flexibility index (Phi) is 2.91. The van der Waals surface area contributed by atoms with Crippen LogP contribution >= 0.6 is 0 Å². The van der Waals surface area contributed by atoms with E-state index in [-0.39, 0.29) is 5.78 Å². The molecular weight excluding hydrogens is 217 g/mol. The van der Waals surface area contributed by atoms with Crippen LogP contribution in [0.5, 0.6) is 0 Å². The number of benzene rings is 2. The number of rotatable bonds is 2. The van der Waals surface area contributed by atoms with Crippen LogP contribution in [0.2, 0.25) is 0 Å². The average molecular weight is 229 g/mol. The van der Waals surface area contributed by atoms with E-state index >= 15 is 0 Å². The van der Waals surface area contributed by atoms with Gasteiger partial charge in [0, 0.05) is 16.8 Å². The predicted octanol–water partition coefficient (Wildman–Crippen LogP) is 2.95. The van der Waals surface area contributed by atoms with Gasteiger partial charge < -0.3 is 5.73 Å². The lowest BCUT2D eigenvalue weighted by Crippen LogP contribution is -2.06. The number of nitrogen functional groups attached to an aromatic ring is 1. The first-order valence-electron chi connectivity index (χ1n) is 5.24. The second kappa shape index (κ2) is 4.37. The molecule has 0 saturated heterocycles. The van der Waals surface area contributed by atoms with Crippen molar-refractivity contribution in [3.05, 3.63) is 65.0 Å². The Balaban J connectivity index is 2.47. The lowest BCUT2D eigenvalue weighted by Gasteiger charge is -2.06. The number of carbonyl (C=O) groups excluding carboxylic acids is 1. The molecule has 2 N–H and O–H groups in total. The number of carbonyl (C=O) groups is 1. The van der Waals surface area contributed by atoms with Gasteiger partial charge in [-0.1, -0.05) is 23.8 Å². The molecule has 0 heterocycles. The summed E-state index contributed by atoms with van der Waals surface area (Å²) in [4.78, 5) is 12.1. The molecular formula is C14H12FNO. The van der Waals surface area contributed by atoms with E-state index in [2.05, 4.69) is 0 Å². The van der Waals surface area contributed by atoms with Gasteiger partial charge in [-0.15, -0.1) is 0 Å². The molecule has 0 fully saturated rings. The van der Waals surface area contributed by atoms with Gasteiger partial charge in [0.2, 0.25) is 0 Å². The summed E-state index contributed by atoms with van der Waals surface area (Å²) >= 11 is 0. The average Bonchev–Trinajstić information content (AvgIpc) is 2.31. The van der Waals surface area contributed by atoms with Crippen molar-refractivity contribution in [2.24, 2.45) is 0 Å². The monoisotopic (exact) mass is 229 g/mol. The molecule has 0 bridgehead atoms. The van der Waals surface area contributed by atoms with Gasteiger partial charge in [-0.05, 0) is 31.2 Å². The summed E-state index contributed by atoms with van der Waals surface area (Å²) in [5.41, 5.74) is 7.82. The molecule has 0 aromatic heterocycles. The first-order valence-corrected chi connectivity index (χ1v) is 5.24. The Hall–Kier alpha value is -2.16. The molecule has 0 atom stereocenters. The molecule has 2 rings (SSSR count). The minimum atomic E-state index is -0.429. The molecule has 0 aliphatic heterocycles. The van der Waals surface area contributed by atoms with Crippen LogP contribution < -0.4 is 5.73 Å². The highest BCUT2D eigenvalue weighted by Gasteiger charge is 2.12. The van der Waals surface area contributed by atoms with Gasteiger partial charge in [0.25, 0.3) is 0 Å². The van der Waals surface area contributed by atoms with E-state index in [0.717, 1.165) is 5.56 Å². The minimum Gasteiger partial charge on any atom is -0.398 e. The zero-order valence-electron chi connectivity index (χ0n) is 9.41. The van der Waals surface area contributed by atoms with Gasteiger partial charge in [-0.2, -0.15) is 0 Å². The van der Waals surface area contributed by atoms with Crippen molar-refractivity contribution in [3.8, 4) is 0 Å². The molecule has 17 heavy (non-hydrogen) atoms. The van der Waals surface area contributed by atoms with E-state index in [1.54, 1.807) is 18.2 Å². The molecule has 2 aromatic carbocycles.